The number of aliphatic hydroxyl groups is 1. The molecule has 0 aromatic heterocycles. The van der Waals surface area contributed by atoms with Crippen molar-refractivity contribution in [3.8, 4) is 0 Å². The number of hydrogen-bond donors (Lipinski definition) is 3. The van der Waals surface area contributed by atoms with Crippen molar-refractivity contribution >= 4 is 5.91 Å². The highest BCUT2D eigenvalue weighted by Crippen LogP contribution is 2.19. The molecule has 1 amide bonds. The highest BCUT2D eigenvalue weighted by molar-refractivity contribution is 5.77. The van der Waals surface area contributed by atoms with E-state index in [1.807, 2.05) is 7.05 Å². The van der Waals surface area contributed by atoms with E-state index >= 15 is 0 Å². The van der Waals surface area contributed by atoms with Crippen molar-refractivity contribution in [1.82, 2.24) is 10.6 Å². The second kappa shape index (κ2) is 6.05. The number of rotatable bonds is 5. The predicted molar refractivity (Wildman–Crippen MR) is 56.6 cm³/mol. The summed E-state index contributed by atoms with van der Waals surface area (Å²) in [5.74, 6) is -0.0136. The molecule has 0 saturated carbocycles. The second-order valence-electron chi connectivity index (χ2n) is 3.95. The van der Waals surface area contributed by atoms with E-state index in [-0.39, 0.29) is 12.5 Å². The molecule has 0 aromatic rings. The van der Waals surface area contributed by atoms with Crippen LogP contribution in [0.1, 0.15) is 19.3 Å². The van der Waals surface area contributed by atoms with Gasteiger partial charge in [0.2, 0.25) is 5.91 Å². The van der Waals surface area contributed by atoms with Crippen LogP contribution in [0.3, 0.4) is 0 Å². The number of aliphatic hydroxyl groups excluding tert-OH is 1. The third kappa shape index (κ3) is 3.77. The minimum atomic E-state index is -0.455. The van der Waals surface area contributed by atoms with Crippen molar-refractivity contribution in [2.45, 2.75) is 24.8 Å². The number of carbonyl (C=O) groups excluding carboxylic acids is 1. The molecule has 0 spiro atoms. The number of ether oxygens (including phenoxy) is 1. The summed E-state index contributed by atoms with van der Waals surface area (Å²) in [4.78, 5) is 11.5. The minimum Gasteiger partial charge on any atom is -0.394 e. The van der Waals surface area contributed by atoms with E-state index in [2.05, 4.69) is 10.6 Å². The van der Waals surface area contributed by atoms with Crippen LogP contribution < -0.4 is 10.6 Å². The molecule has 0 aromatic carbocycles. The summed E-state index contributed by atoms with van der Waals surface area (Å²) >= 11 is 0. The zero-order valence-electron chi connectivity index (χ0n) is 9.21. The summed E-state index contributed by atoms with van der Waals surface area (Å²) < 4.78 is 5.21. The number of amides is 1. The number of carbonyl (C=O) groups is 1. The Morgan fingerprint density at radius 3 is 2.67 bits per heavy atom. The van der Waals surface area contributed by atoms with Gasteiger partial charge in [-0.25, -0.2) is 0 Å². The lowest BCUT2D eigenvalue weighted by molar-refractivity contribution is -0.125. The molecule has 1 heterocycles. The van der Waals surface area contributed by atoms with Crippen molar-refractivity contribution in [3.05, 3.63) is 0 Å². The maximum absolute atomic E-state index is 11.5. The number of nitrogens with one attached hydrogen (secondary N) is 2. The topological polar surface area (TPSA) is 70.6 Å². The van der Waals surface area contributed by atoms with Gasteiger partial charge in [0, 0.05) is 26.2 Å². The molecule has 0 aliphatic carbocycles. The average molecular weight is 216 g/mol. The van der Waals surface area contributed by atoms with Crippen molar-refractivity contribution in [1.29, 1.82) is 0 Å². The standard InChI is InChI=1S/C10H20N2O3/c1-11-5-2-9(14)12-10(8-13)3-6-15-7-4-10/h11,13H,2-8H2,1H3,(H,12,14). The van der Waals surface area contributed by atoms with Crippen molar-refractivity contribution < 1.29 is 14.6 Å². The molecular formula is C10H20N2O3. The number of hydrogen-bond acceptors (Lipinski definition) is 4. The Morgan fingerprint density at radius 2 is 2.13 bits per heavy atom. The first-order valence-corrected chi connectivity index (χ1v) is 5.37. The van der Waals surface area contributed by atoms with Gasteiger partial charge in [-0.3, -0.25) is 4.79 Å². The molecule has 0 radical (unpaired) electrons. The lowest BCUT2D eigenvalue weighted by Crippen LogP contribution is -2.54. The fraction of sp³-hybridized carbons (Fsp3) is 0.900. The van der Waals surface area contributed by atoms with Crippen LogP contribution >= 0.6 is 0 Å². The van der Waals surface area contributed by atoms with Gasteiger partial charge in [-0.1, -0.05) is 0 Å². The van der Waals surface area contributed by atoms with Crippen LogP contribution in [-0.4, -0.2) is 50.0 Å². The molecule has 0 unspecified atom stereocenters. The fourth-order valence-electron chi connectivity index (χ4n) is 1.68. The minimum absolute atomic E-state index is 0.0122. The zero-order valence-corrected chi connectivity index (χ0v) is 9.21. The molecule has 15 heavy (non-hydrogen) atoms. The Labute approximate surface area is 90.2 Å². The van der Waals surface area contributed by atoms with E-state index in [1.54, 1.807) is 0 Å². The summed E-state index contributed by atoms with van der Waals surface area (Å²) in [5, 5.41) is 15.2. The normalized spacial score (nSPS) is 19.9. The van der Waals surface area contributed by atoms with Crippen LogP contribution in [0.2, 0.25) is 0 Å². The first-order valence-electron chi connectivity index (χ1n) is 5.37. The first-order chi connectivity index (χ1) is 7.22. The van der Waals surface area contributed by atoms with Crippen molar-refractivity contribution in [2.75, 3.05) is 33.4 Å². The van der Waals surface area contributed by atoms with E-state index in [0.29, 0.717) is 39.0 Å². The van der Waals surface area contributed by atoms with Crippen LogP contribution in [-0.2, 0) is 9.53 Å². The maximum Gasteiger partial charge on any atom is 0.221 e. The molecule has 0 bridgehead atoms. The van der Waals surface area contributed by atoms with Gasteiger partial charge in [-0.15, -0.1) is 0 Å². The van der Waals surface area contributed by atoms with Crippen LogP contribution in [0.5, 0.6) is 0 Å². The lowest BCUT2D eigenvalue weighted by atomic mass is 9.91. The Kier molecular flexibility index (Phi) is 5.01. The zero-order chi connectivity index (χ0) is 11.1. The summed E-state index contributed by atoms with van der Waals surface area (Å²) in [7, 11) is 1.81. The van der Waals surface area contributed by atoms with Gasteiger partial charge in [-0.2, -0.15) is 0 Å². The molecule has 1 rings (SSSR count). The molecule has 1 aliphatic rings. The Balaban J connectivity index is 2.40. The van der Waals surface area contributed by atoms with Crippen LogP contribution in [0, 0.1) is 0 Å². The van der Waals surface area contributed by atoms with E-state index in [4.69, 9.17) is 4.74 Å². The molecular weight excluding hydrogens is 196 g/mol. The van der Waals surface area contributed by atoms with Gasteiger partial charge < -0.3 is 20.5 Å². The highest BCUT2D eigenvalue weighted by atomic mass is 16.5. The van der Waals surface area contributed by atoms with Gasteiger partial charge in [0.15, 0.2) is 0 Å². The summed E-state index contributed by atoms with van der Waals surface area (Å²) in [5.41, 5.74) is -0.455. The first kappa shape index (κ1) is 12.4. The van der Waals surface area contributed by atoms with Gasteiger partial charge in [0.1, 0.15) is 0 Å². The Bertz CT molecular complexity index is 203. The van der Waals surface area contributed by atoms with E-state index < -0.39 is 5.54 Å². The van der Waals surface area contributed by atoms with E-state index in [0.717, 1.165) is 0 Å². The highest BCUT2D eigenvalue weighted by Gasteiger charge is 2.33. The largest absolute Gasteiger partial charge is 0.394 e. The van der Waals surface area contributed by atoms with Crippen LogP contribution in [0.15, 0.2) is 0 Å². The molecule has 0 atom stereocenters. The van der Waals surface area contributed by atoms with Crippen molar-refractivity contribution in [3.63, 3.8) is 0 Å². The van der Waals surface area contributed by atoms with Gasteiger partial charge >= 0.3 is 0 Å². The van der Waals surface area contributed by atoms with Gasteiger partial charge in [-0.05, 0) is 19.9 Å². The van der Waals surface area contributed by atoms with Crippen LogP contribution in [0.4, 0.5) is 0 Å². The van der Waals surface area contributed by atoms with Crippen LogP contribution in [0.25, 0.3) is 0 Å². The second-order valence-corrected chi connectivity index (χ2v) is 3.95. The lowest BCUT2D eigenvalue weighted by Gasteiger charge is -2.36. The average Bonchev–Trinajstić information content (AvgIpc) is 2.27. The van der Waals surface area contributed by atoms with E-state index in [9.17, 15) is 9.90 Å². The van der Waals surface area contributed by atoms with E-state index in [1.165, 1.54) is 0 Å². The SMILES string of the molecule is CNCCC(=O)NC1(CO)CCOCC1. The third-order valence-corrected chi connectivity index (χ3v) is 2.76. The van der Waals surface area contributed by atoms with Gasteiger partial charge in [0.05, 0.1) is 12.1 Å². The predicted octanol–water partition coefficient (Wildman–Crippen LogP) is -0.746. The van der Waals surface area contributed by atoms with Crippen molar-refractivity contribution in [2.24, 2.45) is 0 Å². The molecule has 3 N–H and O–H groups in total. The molecule has 5 nitrogen and oxygen atoms in total. The Hall–Kier alpha value is -0.650. The quantitative estimate of drug-likeness (QED) is 0.566. The summed E-state index contributed by atoms with van der Waals surface area (Å²) in [6.45, 7) is 1.85. The Morgan fingerprint density at radius 1 is 1.47 bits per heavy atom. The monoisotopic (exact) mass is 216 g/mol. The fourth-order valence-corrected chi connectivity index (χ4v) is 1.68. The molecule has 1 aliphatic heterocycles. The molecule has 5 heteroatoms. The molecule has 1 fully saturated rings. The molecule has 1 saturated heterocycles. The van der Waals surface area contributed by atoms with Gasteiger partial charge in [0.25, 0.3) is 0 Å². The summed E-state index contributed by atoms with van der Waals surface area (Å²) in [6.07, 6.45) is 1.82. The third-order valence-electron chi connectivity index (χ3n) is 2.76. The smallest absolute Gasteiger partial charge is 0.221 e. The molecule has 88 valence electrons. The maximum atomic E-state index is 11.5. The summed E-state index contributed by atoms with van der Waals surface area (Å²) in [6, 6.07) is 0.